The van der Waals surface area contributed by atoms with Gasteiger partial charge in [-0.05, 0) is 19.4 Å². The highest BCUT2D eigenvalue weighted by Crippen LogP contribution is 1.99. The van der Waals surface area contributed by atoms with Crippen molar-refractivity contribution in [3.05, 3.63) is 18.2 Å². The summed E-state index contributed by atoms with van der Waals surface area (Å²) >= 11 is 0. The average Bonchev–Trinajstić information content (AvgIpc) is 3.05. The van der Waals surface area contributed by atoms with Crippen molar-refractivity contribution < 1.29 is 14.4 Å². The molecule has 10 nitrogen and oxygen atoms in total. The summed E-state index contributed by atoms with van der Waals surface area (Å²) in [4.78, 5) is 41.7. The number of carbonyl (C=O) groups is 3. The van der Waals surface area contributed by atoms with Gasteiger partial charge in [-0.1, -0.05) is 6.42 Å². The predicted molar refractivity (Wildman–Crippen MR) is 87.3 cm³/mol. The van der Waals surface area contributed by atoms with Gasteiger partial charge in [0, 0.05) is 18.3 Å². The molecule has 1 rings (SSSR count). The number of primary amides is 1. The van der Waals surface area contributed by atoms with E-state index in [-0.39, 0.29) is 13.0 Å². The molecule has 0 aliphatic carbocycles. The summed E-state index contributed by atoms with van der Waals surface area (Å²) in [6.07, 6.45) is 5.20. The molecule has 0 bridgehead atoms. The highest BCUT2D eigenvalue weighted by atomic mass is 16.2. The summed E-state index contributed by atoms with van der Waals surface area (Å²) in [6.45, 7) is 0.262. The molecule has 2 atom stereocenters. The van der Waals surface area contributed by atoms with E-state index in [2.05, 4.69) is 20.6 Å². The lowest BCUT2D eigenvalue weighted by atomic mass is 10.1. The van der Waals surface area contributed by atoms with Crippen LogP contribution in [-0.2, 0) is 20.8 Å². The van der Waals surface area contributed by atoms with E-state index < -0.39 is 29.8 Å². The molecule has 1 aromatic heterocycles. The van der Waals surface area contributed by atoms with Gasteiger partial charge in [-0.2, -0.15) is 0 Å². The van der Waals surface area contributed by atoms with Crippen molar-refractivity contribution in [2.75, 3.05) is 13.1 Å². The van der Waals surface area contributed by atoms with Crippen molar-refractivity contribution in [2.45, 2.75) is 37.8 Å². The van der Waals surface area contributed by atoms with Crippen LogP contribution in [0, 0.1) is 0 Å². The van der Waals surface area contributed by atoms with Crippen LogP contribution in [0.4, 0.5) is 0 Å². The second-order valence-electron chi connectivity index (χ2n) is 5.41. The molecule has 0 radical (unpaired) electrons. The van der Waals surface area contributed by atoms with Gasteiger partial charge in [0.05, 0.1) is 18.9 Å². The van der Waals surface area contributed by atoms with Gasteiger partial charge in [-0.15, -0.1) is 0 Å². The van der Waals surface area contributed by atoms with Gasteiger partial charge in [0.1, 0.15) is 6.04 Å². The van der Waals surface area contributed by atoms with E-state index in [0.717, 1.165) is 12.8 Å². The van der Waals surface area contributed by atoms with Gasteiger partial charge in [-0.3, -0.25) is 14.4 Å². The molecule has 0 saturated carbocycles. The van der Waals surface area contributed by atoms with E-state index in [1.165, 1.54) is 12.5 Å². The standard InChI is InChI=1S/C14H25N7O3/c15-4-2-1-3-10(16)14(24)19-7-12(22)21-11(13(17)23)5-9-6-18-8-20-9/h6,8,10-11H,1-5,7,15-16H2,(H2,17,23)(H,18,20)(H,19,24)(H,21,22)/t10-,11-/m0/s1. The minimum Gasteiger partial charge on any atom is -0.368 e. The van der Waals surface area contributed by atoms with E-state index in [1.54, 1.807) is 0 Å². The number of amides is 3. The summed E-state index contributed by atoms with van der Waals surface area (Å²) < 4.78 is 0. The Kier molecular flexibility index (Phi) is 8.44. The maximum Gasteiger partial charge on any atom is 0.240 e. The molecule has 0 unspecified atom stereocenters. The van der Waals surface area contributed by atoms with E-state index in [0.29, 0.717) is 18.7 Å². The Hall–Kier alpha value is -2.46. The third kappa shape index (κ3) is 7.20. The second-order valence-corrected chi connectivity index (χ2v) is 5.41. The zero-order valence-electron chi connectivity index (χ0n) is 13.5. The Bertz CT molecular complexity index is 532. The smallest absolute Gasteiger partial charge is 0.240 e. The van der Waals surface area contributed by atoms with Gasteiger partial charge in [-0.25, -0.2) is 4.98 Å². The van der Waals surface area contributed by atoms with Gasteiger partial charge in [0.15, 0.2) is 0 Å². The molecular formula is C14H25N7O3. The molecule has 0 fully saturated rings. The van der Waals surface area contributed by atoms with Crippen molar-refractivity contribution in [3.63, 3.8) is 0 Å². The Labute approximate surface area is 139 Å². The third-order valence-corrected chi connectivity index (χ3v) is 3.39. The van der Waals surface area contributed by atoms with Crippen LogP contribution in [0.2, 0.25) is 0 Å². The lowest BCUT2D eigenvalue weighted by molar-refractivity contribution is -0.129. The number of nitrogens with one attached hydrogen (secondary N) is 3. The third-order valence-electron chi connectivity index (χ3n) is 3.39. The van der Waals surface area contributed by atoms with Crippen molar-refractivity contribution in [2.24, 2.45) is 17.2 Å². The molecule has 10 heteroatoms. The SMILES string of the molecule is NCCCC[C@H](N)C(=O)NCC(=O)N[C@@H](Cc1cnc[nH]1)C(N)=O. The molecule has 134 valence electrons. The fourth-order valence-electron chi connectivity index (χ4n) is 2.02. The summed E-state index contributed by atoms with van der Waals surface area (Å²) in [5.41, 5.74) is 17.0. The normalized spacial score (nSPS) is 13.1. The van der Waals surface area contributed by atoms with Crippen molar-refractivity contribution in [1.29, 1.82) is 0 Å². The van der Waals surface area contributed by atoms with E-state index in [9.17, 15) is 14.4 Å². The number of carbonyl (C=O) groups excluding carboxylic acids is 3. The summed E-state index contributed by atoms with van der Waals surface area (Å²) in [5, 5.41) is 4.90. The van der Waals surface area contributed by atoms with Crippen LogP contribution >= 0.6 is 0 Å². The van der Waals surface area contributed by atoms with Crippen molar-refractivity contribution in [1.82, 2.24) is 20.6 Å². The Balaban J connectivity index is 2.37. The number of nitrogens with zero attached hydrogens (tertiary/aromatic N) is 1. The van der Waals surface area contributed by atoms with E-state index in [4.69, 9.17) is 17.2 Å². The Morgan fingerprint density at radius 2 is 2.04 bits per heavy atom. The maximum absolute atomic E-state index is 11.9. The first kappa shape index (κ1) is 19.6. The molecule has 24 heavy (non-hydrogen) atoms. The minimum absolute atomic E-state index is 0.188. The molecule has 9 N–H and O–H groups in total. The number of nitrogens with two attached hydrogens (primary N) is 3. The van der Waals surface area contributed by atoms with E-state index >= 15 is 0 Å². The van der Waals surface area contributed by atoms with Crippen LogP contribution in [0.3, 0.4) is 0 Å². The molecule has 1 aromatic rings. The fourth-order valence-corrected chi connectivity index (χ4v) is 2.02. The second kappa shape index (κ2) is 10.3. The number of imidazole rings is 1. The first-order valence-electron chi connectivity index (χ1n) is 7.73. The quantitative estimate of drug-likeness (QED) is 0.242. The molecule has 0 aliphatic rings. The molecule has 0 aliphatic heterocycles. The summed E-state index contributed by atoms with van der Waals surface area (Å²) in [5.74, 6) is -1.63. The highest BCUT2D eigenvalue weighted by molar-refractivity contribution is 5.90. The average molecular weight is 339 g/mol. The first-order chi connectivity index (χ1) is 11.4. The molecule has 0 saturated heterocycles. The number of unbranched alkanes of at least 4 members (excludes halogenated alkanes) is 1. The summed E-state index contributed by atoms with van der Waals surface area (Å²) in [6, 6.07) is -1.59. The fraction of sp³-hybridized carbons (Fsp3) is 0.571. The van der Waals surface area contributed by atoms with Crippen molar-refractivity contribution >= 4 is 17.7 Å². The first-order valence-corrected chi connectivity index (χ1v) is 7.73. The minimum atomic E-state index is -0.895. The number of hydrogen-bond acceptors (Lipinski definition) is 6. The lowest BCUT2D eigenvalue weighted by Gasteiger charge is -2.16. The largest absolute Gasteiger partial charge is 0.368 e. The highest BCUT2D eigenvalue weighted by Gasteiger charge is 2.20. The van der Waals surface area contributed by atoms with E-state index in [1.807, 2.05) is 0 Å². The molecular weight excluding hydrogens is 314 g/mol. The number of aromatic amines is 1. The van der Waals surface area contributed by atoms with Crippen LogP contribution in [0.15, 0.2) is 12.5 Å². The van der Waals surface area contributed by atoms with Gasteiger partial charge < -0.3 is 32.8 Å². The van der Waals surface area contributed by atoms with Crippen LogP contribution in [0.5, 0.6) is 0 Å². The van der Waals surface area contributed by atoms with Crippen LogP contribution in [0.1, 0.15) is 25.0 Å². The maximum atomic E-state index is 11.9. The predicted octanol–water partition coefficient (Wildman–Crippen LogP) is -2.51. The lowest BCUT2D eigenvalue weighted by Crippen LogP contribution is -2.50. The van der Waals surface area contributed by atoms with Crippen LogP contribution < -0.4 is 27.8 Å². The van der Waals surface area contributed by atoms with Gasteiger partial charge in [0.2, 0.25) is 17.7 Å². The monoisotopic (exact) mass is 339 g/mol. The molecule has 3 amide bonds. The number of aromatic nitrogens is 2. The summed E-state index contributed by atoms with van der Waals surface area (Å²) in [7, 11) is 0. The molecule has 1 heterocycles. The molecule has 0 spiro atoms. The number of H-pyrrole nitrogens is 1. The number of hydrogen-bond donors (Lipinski definition) is 6. The topological polar surface area (TPSA) is 182 Å². The zero-order valence-corrected chi connectivity index (χ0v) is 13.5. The molecule has 0 aromatic carbocycles. The zero-order chi connectivity index (χ0) is 17.9. The Morgan fingerprint density at radius 3 is 2.62 bits per heavy atom. The van der Waals surface area contributed by atoms with Gasteiger partial charge in [0.25, 0.3) is 0 Å². The van der Waals surface area contributed by atoms with Crippen LogP contribution in [-0.4, -0.2) is 52.9 Å². The number of rotatable bonds is 11. The van der Waals surface area contributed by atoms with Crippen molar-refractivity contribution in [3.8, 4) is 0 Å². The van der Waals surface area contributed by atoms with Crippen LogP contribution in [0.25, 0.3) is 0 Å². The van der Waals surface area contributed by atoms with Gasteiger partial charge >= 0.3 is 0 Å². The Morgan fingerprint density at radius 1 is 1.29 bits per heavy atom.